The van der Waals surface area contributed by atoms with E-state index in [4.69, 9.17) is 25.7 Å². The Morgan fingerprint density at radius 1 is 0.972 bits per heavy atom. The molecule has 11 heteroatoms. The molecule has 190 valence electrons. The molecule has 2 atom stereocenters. The number of aromatic nitrogens is 2. The molecule has 1 aliphatic carbocycles. The van der Waals surface area contributed by atoms with Crippen molar-refractivity contribution in [1.29, 1.82) is 0 Å². The molecule has 11 nitrogen and oxygen atoms in total. The lowest BCUT2D eigenvalue weighted by molar-refractivity contribution is 0.101. The van der Waals surface area contributed by atoms with Gasteiger partial charge < -0.3 is 36.3 Å². The third-order valence-electron chi connectivity index (χ3n) is 6.12. The quantitative estimate of drug-likeness (QED) is 0.273. The summed E-state index contributed by atoms with van der Waals surface area (Å²) in [6.07, 6.45) is 3.76. The first-order valence-corrected chi connectivity index (χ1v) is 11.7. The van der Waals surface area contributed by atoms with Gasteiger partial charge in [-0.05, 0) is 43.2 Å². The molecule has 0 saturated heterocycles. The Bertz CT molecular complexity index is 1260. The number of hydrogen-bond acceptors (Lipinski definition) is 8. The van der Waals surface area contributed by atoms with Crippen LogP contribution in [0.25, 0.3) is 10.9 Å². The summed E-state index contributed by atoms with van der Waals surface area (Å²) in [6, 6.07) is 10.3. The predicted molar refractivity (Wildman–Crippen MR) is 139 cm³/mol. The van der Waals surface area contributed by atoms with Crippen LogP contribution in [0.2, 0.25) is 0 Å². The normalized spacial score (nSPS) is 17.2. The number of amides is 1. The fourth-order valence-corrected chi connectivity index (χ4v) is 4.33. The molecule has 1 amide bonds. The van der Waals surface area contributed by atoms with Gasteiger partial charge in [0.2, 0.25) is 5.82 Å². The fourth-order valence-electron chi connectivity index (χ4n) is 4.33. The highest BCUT2D eigenvalue weighted by atomic mass is 16.5. The van der Waals surface area contributed by atoms with Gasteiger partial charge in [-0.1, -0.05) is 12.8 Å². The molecular formula is C25H31N7O4. The minimum atomic E-state index is -0.454. The van der Waals surface area contributed by atoms with Crippen molar-refractivity contribution in [3.05, 3.63) is 42.2 Å². The van der Waals surface area contributed by atoms with Crippen molar-refractivity contribution in [1.82, 2.24) is 9.97 Å². The highest BCUT2D eigenvalue weighted by Gasteiger charge is 2.27. The number of benzene rings is 2. The summed E-state index contributed by atoms with van der Waals surface area (Å²) in [4.78, 5) is 26.7. The number of carbonyl (C=O) groups is 1. The molecule has 0 radical (unpaired) electrons. The number of guanidine groups is 1. The minimum absolute atomic E-state index is 0.00207. The zero-order valence-corrected chi connectivity index (χ0v) is 20.6. The van der Waals surface area contributed by atoms with Crippen molar-refractivity contribution >= 4 is 34.3 Å². The Labute approximate surface area is 209 Å². The van der Waals surface area contributed by atoms with E-state index in [1.54, 1.807) is 57.7 Å². The number of hydrogen-bond donors (Lipinski definition) is 4. The molecule has 1 heterocycles. The zero-order valence-electron chi connectivity index (χ0n) is 20.6. The number of ether oxygens (including phenoxy) is 3. The summed E-state index contributed by atoms with van der Waals surface area (Å²) < 4.78 is 16.1. The van der Waals surface area contributed by atoms with Crippen LogP contribution in [0.1, 0.15) is 36.3 Å². The Morgan fingerprint density at radius 2 is 1.67 bits per heavy atom. The number of rotatable bonds is 8. The fraction of sp³-hybridized carbons (Fsp3) is 0.360. The molecule has 1 aliphatic rings. The van der Waals surface area contributed by atoms with E-state index in [0.29, 0.717) is 39.7 Å². The molecule has 36 heavy (non-hydrogen) atoms. The lowest BCUT2D eigenvalue weighted by Gasteiger charge is -2.30. The summed E-state index contributed by atoms with van der Waals surface area (Å²) in [7, 11) is 4.69. The van der Waals surface area contributed by atoms with Gasteiger partial charge in [-0.2, -0.15) is 0 Å². The monoisotopic (exact) mass is 493 g/mol. The van der Waals surface area contributed by atoms with Crippen LogP contribution in [0.4, 0.5) is 11.5 Å². The molecule has 1 fully saturated rings. The third-order valence-corrected chi connectivity index (χ3v) is 6.12. The van der Waals surface area contributed by atoms with Crippen molar-refractivity contribution < 1.29 is 19.0 Å². The van der Waals surface area contributed by atoms with Crippen LogP contribution in [0.3, 0.4) is 0 Å². The second kappa shape index (κ2) is 11.0. The van der Waals surface area contributed by atoms with Gasteiger partial charge in [-0.3, -0.25) is 4.79 Å². The van der Waals surface area contributed by atoms with Crippen molar-refractivity contribution in [3.63, 3.8) is 0 Å². The van der Waals surface area contributed by atoms with Crippen LogP contribution in [0.15, 0.2) is 41.4 Å². The maximum atomic E-state index is 13.1. The van der Waals surface area contributed by atoms with E-state index < -0.39 is 5.91 Å². The Balaban J connectivity index is 1.74. The van der Waals surface area contributed by atoms with E-state index >= 15 is 0 Å². The van der Waals surface area contributed by atoms with Crippen molar-refractivity contribution in [2.75, 3.05) is 32.0 Å². The molecule has 0 spiro atoms. The zero-order chi connectivity index (χ0) is 25.7. The molecule has 6 N–H and O–H groups in total. The summed E-state index contributed by atoms with van der Waals surface area (Å²) >= 11 is 0. The number of anilines is 2. The van der Waals surface area contributed by atoms with Gasteiger partial charge in [0, 0.05) is 17.1 Å². The number of carbonyl (C=O) groups excluding carboxylic acids is 1. The number of nitrogens with zero attached hydrogens (tertiary/aromatic N) is 3. The summed E-state index contributed by atoms with van der Waals surface area (Å²) in [5, 5.41) is 7.00. The minimum Gasteiger partial charge on any atom is -0.497 e. The molecule has 1 saturated carbocycles. The van der Waals surface area contributed by atoms with Crippen LogP contribution in [0, 0.1) is 0 Å². The van der Waals surface area contributed by atoms with E-state index in [1.807, 2.05) is 0 Å². The van der Waals surface area contributed by atoms with E-state index in [0.717, 1.165) is 25.7 Å². The largest absolute Gasteiger partial charge is 0.497 e. The van der Waals surface area contributed by atoms with E-state index in [2.05, 4.69) is 25.6 Å². The summed E-state index contributed by atoms with van der Waals surface area (Å²) in [6.45, 7) is 0. The first-order chi connectivity index (χ1) is 17.4. The van der Waals surface area contributed by atoms with E-state index in [-0.39, 0.29) is 23.9 Å². The number of methoxy groups -OCH3 is 3. The predicted octanol–water partition coefficient (Wildman–Crippen LogP) is 2.90. The highest BCUT2D eigenvalue weighted by Crippen LogP contribution is 2.35. The van der Waals surface area contributed by atoms with Gasteiger partial charge in [0.05, 0.1) is 38.9 Å². The first-order valence-electron chi connectivity index (χ1n) is 11.7. The van der Waals surface area contributed by atoms with Gasteiger partial charge >= 0.3 is 0 Å². The van der Waals surface area contributed by atoms with Gasteiger partial charge in [0.25, 0.3) is 5.91 Å². The van der Waals surface area contributed by atoms with E-state index in [1.165, 1.54) is 0 Å². The number of fused-ring (bicyclic) bond motifs is 1. The molecule has 1 aromatic heterocycles. The number of aliphatic imine (C=N–C) groups is 1. The molecule has 0 aliphatic heterocycles. The summed E-state index contributed by atoms with van der Waals surface area (Å²) in [5.74, 6) is 1.79. The second-order valence-electron chi connectivity index (χ2n) is 8.46. The molecule has 4 rings (SSSR count). The van der Waals surface area contributed by atoms with Gasteiger partial charge in [-0.15, -0.1) is 0 Å². The maximum absolute atomic E-state index is 13.1. The van der Waals surface area contributed by atoms with Crippen molar-refractivity contribution in [3.8, 4) is 17.2 Å². The van der Waals surface area contributed by atoms with Crippen LogP contribution in [0.5, 0.6) is 17.2 Å². The van der Waals surface area contributed by atoms with Gasteiger partial charge in [0.1, 0.15) is 11.6 Å². The van der Waals surface area contributed by atoms with Gasteiger partial charge in [0.15, 0.2) is 17.5 Å². The Morgan fingerprint density at radius 3 is 2.33 bits per heavy atom. The average molecular weight is 494 g/mol. The highest BCUT2D eigenvalue weighted by molar-refractivity contribution is 6.04. The molecule has 0 unspecified atom stereocenters. The Hall–Kier alpha value is -4.28. The average Bonchev–Trinajstić information content (AvgIpc) is 2.89. The lowest BCUT2D eigenvalue weighted by atomic mass is 9.90. The number of nitrogens with one attached hydrogen (secondary N) is 2. The van der Waals surface area contributed by atoms with Crippen LogP contribution in [-0.4, -0.2) is 55.2 Å². The van der Waals surface area contributed by atoms with Crippen molar-refractivity contribution in [2.24, 2.45) is 16.5 Å². The smallest absolute Gasteiger partial charge is 0.293 e. The maximum Gasteiger partial charge on any atom is 0.293 e. The van der Waals surface area contributed by atoms with E-state index in [9.17, 15) is 4.79 Å². The SMILES string of the molecule is COc1ccc(NC(=O)c2nc(N[C@H]3CCCC[C@H]3N=C(N)N)c3cc(OC)c(OC)cc3n2)cc1. The third kappa shape index (κ3) is 5.51. The van der Waals surface area contributed by atoms with Crippen molar-refractivity contribution in [2.45, 2.75) is 37.8 Å². The topological polar surface area (TPSA) is 159 Å². The molecule has 2 aromatic carbocycles. The van der Waals surface area contributed by atoms with Gasteiger partial charge in [-0.25, -0.2) is 15.0 Å². The number of nitrogens with two attached hydrogens (primary N) is 2. The first kappa shape index (κ1) is 24.8. The molecule has 0 bridgehead atoms. The Kier molecular flexibility index (Phi) is 7.57. The van der Waals surface area contributed by atoms with Crippen LogP contribution in [-0.2, 0) is 0 Å². The van der Waals surface area contributed by atoms with Crippen LogP contribution >= 0.6 is 0 Å². The second-order valence-corrected chi connectivity index (χ2v) is 8.46. The van der Waals surface area contributed by atoms with Crippen LogP contribution < -0.4 is 36.3 Å². The standard InChI is InChI=1S/C25H31N7O4/c1-34-15-10-8-14(9-11-15)28-24(33)23-30-19-13-21(36-3)20(35-2)12-16(19)22(32-23)29-17-6-4-5-7-18(17)31-25(26)27/h8-13,17-18H,4-7H2,1-3H3,(H,28,33)(H4,26,27,31)(H,29,30,32)/t17-,18+/m0/s1. The summed E-state index contributed by atoms with van der Waals surface area (Å²) in [5.41, 5.74) is 12.5. The molecular weight excluding hydrogens is 462 g/mol. The molecule has 3 aromatic rings. The lowest BCUT2D eigenvalue weighted by Crippen LogP contribution is -2.38.